The Hall–Kier alpha value is -3.45. The molecule has 0 bridgehead atoms. The zero-order valence-corrected chi connectivity index (χ0v) is 19.5. The van der Waals surface area contributed by atoms with E-state index < -0.39 is 0 Å². The Morgan fingerprint density at radius 2 is 1.85 bits per heavy atom. The molecule has 2 heterocycles. The largest absolute Gasteiger partial charge is 0.341 e. The third kappa shape index (κ3) is 5.68. The van der Waals surface area contributed by atoms with E-state index in [9.17, 15) is 4.79 Å². The molecular weight excluding hydrogens is 438 g/mol. The number of carbonyl (C=O) groups is 1. The lowest BCUT2D eigenvalue weighted by molar-refractivity contribution is -0.130. The van der Waals surface area contributed by atoms with Crippen LogP contribution < -0.4 is 0 Å². The van der Waals surface area contributed by atoms with Crippen LogP contribution in [0.15, 0.2) is 65.3 Å². The third-order valence-corrected chi connectivity index (χ3v) is 5.55. The first-order valence-corrected chi connectivity index (χ1v) is 11.4. The highest BCUT2D eigenvalue weighted by Crippen LogP contribution is 2.26. The Bertz CT molecular complexity index is 1200. The van der Waals surface area contributed by atoms with Crippen LogP contribution in [0.25, 0.3) is 16.9 Å². The van der Waals surface area contributed by atoms with Crippen molar-refractivity contribution in [1.29, 1.82) is 0 Å². The topological polar surface area (TPSA) is 77.0 Å². The Morgan fingerprint density at radius 1 is 1.09 bits per heavy atom. The summed E-state index contributed by atoms with van der Waals surface area (Å²) in [6.07, 6.45) is 4.42. The molecule has 0 radical (unpaired) electrons. The molecule has 2 aromatic heterocycles. The summed E-state index contributed by atoms with van der Waals surface area (Å²) in [4.78, 5) is 18.9. The second-order valence-electron chi connectivity index (χ2n) is 7.89. The maximum absolute atomic E-state index is 12.8. The monoisotopic (exact) mass is 463 g/mol. The van der Waals surface area contributed by atoms with Crippen LogP contribution in [0, 0.1) is 0 Å². The fourth-order valence-corrected chi connectivity index (χ4v) is 3.68. The number of hydrogen-bond donors (Lipinski definition) is 0. The normalized spacial score (nSPS) is 11.0. The number of para-hydroxylation sites is 1. The summed E-state index contributed by atoms with van der Waals surface area (Å²) in [5, 5.41) is 9.42. The molecule has 0 saturated heterocycles. The first-order chi connectivity index (χ1) is 16.0. The van der Waals surface area contributed by atoms with Gasteiger partial charge in [0.2, 0.25) is 11.8 Å². The number of amides is 1. The summed E-state index contributed by atoms with van der Waals surface area (Å²) < 4.78 is 7.09. The zero-order chi connectivity index (χ0) is 23.2. The lowest BCUT2D eigenvalue weighted by atomic mass is 10.1. The van der Waals surface area contributed by atoms with E-state index >= 15 is 0 Å². The predicted molar refractivity (Wildman–Crippen MR) is 127 cm³/mol. The van der Waals surface area contributed by atoms with Crippen molar-refractivity contribution in [3.8, 4) is 16.9 Å². The molecule has 0 unspecified atom stereocenters. The lowest BCUT2D eigenvalue weighted by Gasteiger charge is -2.16. The van der Waals surface area contributed by atoms with Crippen molar-refractivity contribution in [2.45, 2.75) is 39.2 Å². The Labute approximate surface area is 198 Å². The van der Waals surface area contributed by atoms with Crippen LogP contribution in [-0.4, -0.2) is 37.8 Å². The number of aryl methyl sites for hydroxylation is 2. The van der Waals surface area contributed by atoms with Gasteiger partial charge in [0, 0.05) is 55.2 Å². The van der Waals surface area contributed by atoms with Gasteiger partial charge in [0.25, 0.3) is 0 Å². The molecule has 0 spiro atoms. The van der Waals surface area contributed by atoms with Gasteiger partial charge in [-0.25, -0.2) is 4.68 Å². The van der Waals surface area contributed by atoms with Crippen LogP contribution in [0.1, 0.15) is 37.0 Å². The molecular formula is C25H26ClN5O2. The molecule has 0 saturated carbocycles. The number of aromatic nitrogens is 4. The zero-order valence-electron chi connectivity index (χ0n) is 18.7. The quantitative estimate of drug-likeness (QED) is 0.344. The molecule has 2 aromatic carbocycles. The van der Waals surface area contributed by atoms with Gasteiger partial charge in [-0.1, -0.05) is 54.0 Å². The molecule has 0 aliphatic carbocycles. The van der Waals surface area contributed by atoms with Crippen molar-refractivity contribution in [3.63, 3.8) is 0 Å². The van der Waals surface area contributed by atoms with Crippen LogP contribution >= 0.6 is 11.6 Å². The fourth-order valence-electron chi connectivity index (χ4n) is 3.55. The van der Waals surface area contributed by atoms with Gasteiger partial charge in [0.1, 0.15) is 0 Å². The van der Waals surface area contributed by atoms with E-state index in [1.54, 1.807) is 11.9 Å². The number of hydrogen-bond acceptors (Lipinski definition) is 5. The molecule has 1 amide bonds. The van der Waals surface area contributed by atoms with E-state index in [1.165, 1.54) is 0 Å². The van der Waals surface area contributed by atoms with E-state index in [2.05, 4.69) is 17.1 Å². The minimum Gasteiger partial charge on any atom is -0.341 e. The van der Waals surface area contributed by atoms with Crippen LogP contribution in [-0.2, 0) is 24.2 Å². The van der Waals surface area contributed by atoms with Crippen molar-refractivity contribution in [2.75, 3.05) is 7.05 Å². The van der Waals surface area contributed by atoms with Crippen LogP contribution in [0.4, 0.5) is 0 Å². The van der Waals surface area contributed by atoms with Crippen molar-refractivity contribution in [2.24, 2.45) is 0 Å². The fraction of sp³-hybridized carbons (Fsp3) is 0.280. The minimum absolute atomic E-state index is 0.000223. The van der Waals surface area contributed by atoms with E-state index in [-0.39, 0.29) is 5.91 Å². The van der Waals surface area contributed by atoms with E-state index in [0.29, 0.717) is 36.1 Å². The molecule has 0 N–H and O–H groups in total. The second-order valence-corrected chi connectivity index (χ2v) is 8.33. The standard InChI is InChI=1S/C25H26ClN5O2/c1-3-7-22-27-23(33-29-22)14-15-24(32)30(2)16-19-17-31(21-8-5-4-6-9-21)28-25(19)18-10-12-20(26)13-11-18/h4-6,8-13,17H,3,7,14-16H2,1-2H3. The van der Waals surface area contributed by atoms with Gasteiger partial charge in [-0.05, 0) is 30.7 Å². The number of rotatable bonds is 9. The average Bonchev–Trinajstić information content (AvgIpc) is 3.46. The highest BCUT2D eigenvalue weighted by molar-refractivity contribution is 6.30. The lowest BCUT2D eigenvalue weighted by Crippen LogP contribution is -2.26. The van der Waals surface area contributed by atoms with Gasteiger partial charge in [-0.2, -0.15) is 10.1 Å². The summed E-state index contributed by atoms with van der Waals surface area (Å²) in [6.45, 7) is 2.49. The first-order valence-electron chi connectivity index (χ1n) is 11.0. The first kappa shape index (κ1) is 22.7. The second kappa shape index (κ2) is 10.4. The number of halogens is 1. The van der Waals surface area contributed by atoms with Gasteiger partial charge in [-0.3, -0.25) is 4.79 Å². The Kier molecular flexibility index (Phi) is 7.19. The highest BCUT2D eigenvalue weighted by Gasteiger charge is 2.18. The maximum atomic E-state index is 12.8. The molecule has 170 valence electrons. The van der Waals surface area contributed by atoms with Gasteiger partial charge < -0.3 is 9.42 Å². The van der Waals surface area contributed by atoms with Crippen molar-refractivity contribution in [3.05, 3.63) is 83.1 Å². The molecule has 0 fully saturated rings. The number of nitrogens with zero attached hydrogens (tertiary/aromatic N) is 5. The molecule has 0 aliphatic heterocycles. The van der Waals surface area contributed by atoms with Crippen molar-refractivity contribution in [1.82, 2.24) is 24.8 Å². The molecule has 7 nitrogen and oxygen atoms in total. The predicted octanol–water partition coefficient (Wildman–Crippen LogP) is 5.12. The van der Waals surface area contributed by atoms with Gasteiger partial charge in [0.05, 0.1) is 11.4 Å². The van der Waals surface area contributed by atoms with E-state index in [0.717, 1.165) is 35.3 Å². The average molecular weight is 464 g/mol. The van der Waals surface area contributed by atoms with Crippen molar-refractivity contribution >= 4 is 17.5 Å². The molecule has 33 heavy (non-hydrogen) atoms. The summed E-state index contributed by atoms with van der Waals surface area (Å²) in [5.74, 6) is 1.19. The summed E-state index contributed by atoms with van der Waals surface area (Å²) in [5.41, 5.74) is 3.66. The van der Waals surface area contributed by atoms with E-state index in [4.69, 9.17) is 21.2 Å². The van der Waals surface area contributed by atoms with Gasteiger partial charge in [-0.15, -0.1) is 0 Å². The Balaban J connectivity index is 1.50. The van der Waals surface area contributed by atoms with Crippen LogP contribution in [0.5, 0.6) is 0 Å². The Morgan fingerprint density at radius 3 is 2.58 bits per heavy atom. The maximum Gasteiger partial charge on any atom is 0.227 e. The third-order valence-electron chi connectivity index (χ3n) is 5.30. The van der Waals surface area contributed by atoms with Gasteiger partial charge in [0.15, 0.2) is 5.82 Å². The molecule has 4 aromatic rings. The molecule has 0 atom stereocenters. The smallest absolute Gasteiger partial charge is 0.227 e. The summed E-state index contributed by atoms with van der Waals surface area (Å²) >= 11 is 6.07. The SMILES string of the molecule is CCCc1noc(CCC(=O)N(C)Cc2cn(-c3ccccc3)nc2-c2ccc(Cl)cc2)n1. The number of carbonyl (C=O) groups excluding carboxylic acids is 1. The highest BCUT2D eigenvalue weighted by atomic mass is 35.5. The van der Waals surface area contributed by atoms with Crippen LogP contribution in [0.3, 0.4) is 0 Å². The minimum atomic E-state index is -0.000223. The van der Waals surface area contributed by atoms with E-state index in [1.807, 2.05) is 65.5 Å². The molecule has 0 aliphatic rings. The molecule has 8 heteroatoms. The summed E-state index contributed by atoms with van der Waals surface area (Å²) in [7, 11) is 1.80. The van der Waals surface area contributed by atoms with Crippen LogP contribution in [0.2, 0.25) is 5.02 Å². The molecule has 4 rings (SSSR count). The number of benzene rings is 2. The van der Waals surface area contributed by atoms with Gasteiger partial charge >= 0.3 is 0 Å². The summed E-state index contributed by atoms with van der Waals surface area (Å²) in [6, 6.07) is 17.5. The van der Waals surface area contributed by atoms with Crippen molar-refractivity contribution < 1.29 is 9.32 Å².